The van der Waals surface area contributed by atoms with Gasteiger partial charge < -0.3 is 16.0 Å². The molecule has 3 heterocycles. The maximum Gasteiger partial charge on any atom is 0.220 e. The predicted octanol–water partition coefficient (Wildman–Crippen LogP) is -0.323. The van der Waals surface area contributed by atoms with Gasteiger partial charge in [0.2, 0.25) is 5.95 Å². The molecule has 3 N–H and O–H groups in total. The molecule has 5 nitrogen and oxygen atoms in total. The van der Waals surface area contributed by atoms with Crippen LogP contribution in [-0.4, -0.2) is 48.1 Å². The molecular weight excluding hydrogens is 202 g/mol. The van der Waals surface area contributed by atoms with Crippen LogP contribution in [0.5, 0.6) is 0 Å². The summed E-state index contributed by atoms with van der Waals surface area (Å²) in [6.07, 6.45) is 1.76. The lowest BCUT2D eigenvalue weighted by Crippen LogP contribution is -2.57. The number of hydrogen-bond acceptors (Lipinski definition) is 5. The highest BCUT2D eigenvalue weighted by atomic mass is 15.2. The maximum absolute atomic E-state index is 5.66. The van der Waals surface area contributed by atoms with Crippen molar-refractivity contribution in [1.29, 1.82) is 0 Å². The van der Waals surface area contributed by atoms with Gasteiger partial charge in [0, 0.05) is 43.7 Å². The number of nitrogens with one attached hydrogen (secondary N) is 1. The van der Waals surface area contributed by atoms with Crippen LogP contribution in [-0.2, 0) is 0 Å². The van der Waals surface area contributed by atoms with Crippen LogP contribution in [0.2, 0.25) is 0 Å². The molecule has 1 atom stereocenters. The van der Waals surface area contributed by atoms with Crippen molar-refractivity contribution in [2.75, 3.05) is 39.0 Å². The lowest BCUT2D eigenvalue weighted by atomic mass is 9.71. The number of rotatable bonds is 1. The zero-order valence-electron chi connectivity index (χ0n) is 9.48. The molecule has 0 saturated carbocycles. The smallest absolute Gasteiger partial charge is 0.220 e. The van der Waals surface area contributed by atoms with Crippen molar-refractivity contribution >= 4 is 5.95 Å². The summed E-state index contributed by atoms with van der Waals surface area (Å²) in [5, 5.41) is 3.38. The minimum Gasteiger partial charge on any atom is -0.368 e. The summed E-state index contributed by atoms with van der Waals surface area (Å²) in [4.78, 5) is 10.7. The standard InChI is InChI=1S/C11H17N5/c1-16-4-8(11(7-16)5-13-6-11)9-2-3-14-10(12)15-9/h2-3,8,13H,4-7H2,1H3,(H2,12,14,15). The number of likely N-dealkylation sites (tertiary alicyclic amines) is 1. The number of aromatic nitrogens is 2. The molecule has 2 aliphatic rings. The van der Waals surface area contributed by atoms with E-state index in [9.17, 15) is 0 Å². The fraction of sp³-hybridized carbons (Fsp3) is 0.636. The molecule has 0 radical (unpaired) electrons. The molecule has 2 aliphatic heterocycles. The average molecular weight is 219 g/mol. The van der Waals surface area contributed by atoms with E-state index >= 15 is 0 Å². The van der Waals surface area contributed by atoms with E-state index in [2.05, 4.69) is 27.2 Å². The van der Waals surface area contributed by atoms with Crippen molar-refractivity contribution in [3.63, 3.8) is 0 Å². The Kier molecular flexibility index (Phi) is 2.12. The number of nitrogen functional groups attached to an aromatic ring is 1. The van der Waals surface area contributed by atoms with Crippen molar-refractivity contribution in [2.45, 2.75) is 5.92 Å². The second-order valence-electron chi connectivity index (χ2n) is 5.05. The molecule has 2 fully saturated rings. The molecule has 0 amide bonds. The summed E-state index contributed by atoms with van der Waals surface area (Å²) < 4.78 is 0. The Morgan fingerprint density at radius 2 is 2.38 bits per heavy atom. The van der Waals surface area contributed by atoms with E-state index in [1.54, 1.807) is 6.20 Å². The molecule has 2 saturated heterocycles. The number of hydrogen-bond donors (Lipinski definition) is 2. The molecular formula is C11H17N5. The van der Waals surface area contributed by atoms with Gasteiger partial charge in [0.15, 0.2) is 0 Å². The lowest BCUT2D eigenvalue weighted by Gasteiger charge is -2.43. The summed E-state index contributed by atoms with van der Waals surface area (Å²) in [5.74, 6) is 0.874. The third-order valence-electron chi connectivity index (χ3n) is 3.83. The normalized spacial score (nSPS) is 28.2. The monoisotopic (exact) mass is 219 g/mol. The van der Waals surface area contributed by atoms with Gasteiger partial charge in [0.25, 0.3) is 0 Å². The van der Waals surface area contributed by atoms with E-state index in [0.717, 1.165) is 31.9 Å². The number of anilines is 1. The Labute approximate surface area is 95.1 Å². The van der Waals surface area contributed by atoms with E-state index in [1.807, 2.05) is 6.07 Å². The molecule has 1 aromatic rings. The summed E-state index contributed by atoms with van der Waals surface area (Å²) in [6, 6.07) is 2.00. The Bertz CT molecular complexity index is 401. The minimum atomic E-state index is 0.371. The van der Waals surface area contributed by atoms with Gasteiger partial charge in [0.1, 0.15) is 0 Å². The summed E-state index contributed by atoms with van der Waals surface area (Å²) in [6.45, 7) is 4.39. The first-order chi connectivity index (χ1) is 7.70. The minimum absolute atomic E-state index is 0.371. The summed E-state index contributed by atoms with van der Waals surface area (Å²) in [5.41, 5.74) is 7.12. The Balaban J connectivity index is 1.93. The molecule has 1 spiro atoms. The Hall–Kier alpha value is -1.20. The average Bonchev–Trinajstić information content (AvgIpc) is 2.56. The molecule has 16 heavy (non-hydrogen) atoms. The van der Waals surface area contributed by atoms with Crippen molar-refractivity contribution in [1.82, 2.24) is 20.2 Å². The second-order valence-corrected chi connectivity index (χ2v) is 5.05. The van der Waals surface area contributed by atoms with Gasteiger partial charge >= 0.3 is 0 Å². The van der Waals surface area contributed by atoms with E-state index < -0.39 is 0 Å². The SMILES string of the molecule is CN1CC(c2ccnc(N)n2)C2(CNC2)C1. The third kappa shape index (κ3) is 1.39. The highest BCUT2D eigenvalue weighted by Gasteiger charge is 2.50. The topological polar surface area (TPSA) is 67.1 Å². The number of likely N-dealkylation sites (N-methyl/N-ethyl adjacent to an activating group) is 1. The van der Waals surface area contributed by atoms with Crippen molar-refractivity contribution in [3.05, 3.63) is 18.0 Å². The van der Waals surface area contributed by atoms with Gasteiger partial charge in [-0.15, -0.1) is 0 Å². The predicted molar refractivity (Wildman–Crippen MR) is 62.0 cm³/mol. The molecule has 86 valence electrons. The van der Waals surface area contributed by atoms with E-state index in [4.69, 9.17) is 5.73 Å². The Morgan fingerprint density at radius 3 is 3.00 bits per heavy atom. The van der Waals surface area contributed by atoms with Crippen LogP contribution >= 0.6 is 0 Å². The van der Waals surface area contributed by atoms with Crippen LogP contribution in [0.1, 0.15) is 11.6 Å². The molecule has 3 rings (SSSR count). The van der Waals surface area contributed by atoms with Gasteiger partial charge in [-0.05, 0) is 13.1 Å². The first kappa shape index (κ1) is 9.99. The zero-order chi connectivity index (χ0) is 11.2. The van der Waals surface area contributed by atoms with Gasteiger partial charge in [-0.3, -0.25) is 0 Å². The highest BCUT2D eigenvalue weighted by Crippen LogP contribution is 2.44. The largest absolute Gasteiger partial charge is 0.368 e. The zero-order valence-corrected chi connectivity index (χ0v) is 9.48. The van der Waals surface area contributed by atoms with Crippen LogP contribution in [0.15, 0.2) is 12.3 Å². The van der Waals surface area contributed by atoms with Crippen molar-refractivity contribution in [3.8, 4) is 0 Å². The summed E-state index contributed by atoms with van der Waals surface area (Å²) >= 11 is 0. The van der Waals surface area contributed by atoms with Gasteiger partial charge in [-0.2, -0.15) is 0 Å². The molecule has 0 bridgehead atoms. The van der Waals surface area contributed by atoms with Gasteiger partial charge in [-0.1, -0.05) is 0 Å². The van der Waals surface area contributed by atoms with Crippen LogP contribution in [0.3, 0.4) is 0 Å². The quantitative estimate of drug-likeness (QED) is 0.677. The van der Waals surface area contributed by atoms with E-state index in [1.165, 1.54) is 0 Å². The van der Waals surface area contributed by atoms with E-state index in [0.29, 0.717) is 17.3 Å². The third-order valence-corrected chi connectivity index (χ3v) is 3.83. The summed E-state index contributed by atoms with van der Waals surface area (Å²) in [7, 11) is 2.17. The van der Waals surface area contributed by atoms with Gasteiger partial charge in [0.05, 0.1) is 5.69 Å². The highest BCUT2D eigenvalue weighted by molar-refractivity contribution is 5.25. The van der Waals surface area contributed by atoms with Gasteiger partial charge in [-0.25, -0.2) is 9.97 Å². The molecule has 0 aromatic carbocycles. The lowest BCUT2D eigenvalue weighted by molar-refractivity contribution is 0.156. The van der Waals surface area contributed by atoms with Crippen LogP contribution in [0, 0.1) is 5.41 Å². The first-order valence-corrected chi connectivity index (χ1v) is 5.67. The van der Waals surface area contributed by atoms with E-state index in [-0.39, 0.29) is 0 Å². The molecule has 0 aliphatic carbocycles. The van der Waals surface area contributed by atoms with Crippen LogP contribution in [0.25, 0.3) is 0 Å². The van der Waals surface area contributed by atoms with Crippen molar-refractivity contribution in [2.24, 2.45) is 5.41 Å². The molecule has 5 heteroatoms. The van der Waals surface area contributed by atoms with Crippen LogP contribution in [0.4, 0.5) is 5.95 Å². The fourth-order valence-corrected chi connectivity index (χ4v) is 3.01. The van der Waals surface area contributed by atoms with Crippen LogP contribution < -0.4 is 11.1 Å². The number of nitrogens with zero attached hydrogens (tertiary/aromatic N) is 3. The molecule has 1 unspecified atom stereocenters. The van der Waals surface area contributed by atoms with Crippen molar-refractivity contribution < 1.29 is 0 Å². The second kappa shape index (κ2) is 3.40. The first-order valence-electron chi connectivity index (χ1n) is 5.67. The maximum atomic E-state index is 5.66. The Morgan fingerprint density at radius 1 is 1.56 bits per heavy atom. The molecule has 1 aromatic heterocycles. The fourth-order valence-electron chi connectivity index (χ4n) is 3.01. The number of nitrogens with two attached hydrogens (primary N) is 1.